The molecule has 0 bridgehead atoms. The molecule has 5 heteroatoms. The summed E-state index contributed by atoms with van der Waals surface area (Å²) in [7, 11) is 0. The van der Waals surface area contributed by atoms with E-state index in [1.54, 1.807) is 26.0 Å². The molecule has 1 heterocycles. The highest BCUT2D eigenvalue weighted by atomic mass is 19.1. The minimum atomic E-state index is -0.398. The number of halogens is 1. The summed E-state index contributed by atoms with van der Waals surface area (Å²) in [6.07, 6.45) is 0. The number of aryl methyl sites for hydroxylation is 2. The zero-order chi connectivity index (χ0) is 15.4. The van der Waals surface area contributed by atoms with Gasteiger partial charge in [-0.25, -0.2) is 9.37 Å². The molecule has 1 aromatic carbocycles. The van der Waals surface area contributed by atoms with Gasteiger partial charge in [0, 0.05) is 22.9 Å². The SMILES string of the molecule is Cc1cc(=O)n(Cc2ccc(C#CCN)cc2F)c(C)n1. The van der Waals surface area contributed by atoms with Crippen molar-refractivity contribution in [2.45, 2.75) is 20.4 Å². The number of hydrogen-bond acceptors (Lipinski definition) is 3. The van der Waals surface area contributed by atoms with Crippen LogP contribution in [-0.2, 0) is 6.54 Å². The van der Waals surface area contributed by atoms with Gasteiger partial charge in [0.1, 0.15) is 11.6 Å². The van der Waals surface area contributed by atoms with Crippen LogP contribution in [0.1, 0.15) is 22.6 Å². The molecule has 0 amide bonds. The lowest BCUT2D eigenvalue weighted by Gasteiger charge is -2.10. The van der Waals surface area contributed by atoms with E-state index in [-0.39, 0.29) is 18.6 Å². The van der Waals surface area contributed by atoms with E-state index in [9.17, 15) is 9.18 Å². The fourth-order valence-corrected chi connectivity index (χ4v) is 2.03. The maximum absolute atomic E-state index is 14.1. The molecular weight excluding hydrogens is 269 g/mol. The van der Waals surface area contributed by atoms with Crippen LogP contribution < -0.4 is 11.3 Å². The molecule has 0 fully saturated rings. The number of nitrogens with zero attached hydrogens (tertiary/aromatic N) is 2. The number of hydrogen-bond donors (Lipinski definition) is 1. The number of benzene rings is 1. The molecule has 21 heavy (non-hydrogen) atoms. The third kappa shape index (κ3) is 3.56. The summed E-state index contributed by atoms with van der Waals surface area (Å²) in [6.45, 7) is 3.86. The first-order valence-corrected chi connectivity index (χ1v) is 6.53. The molecule has 0 saturated carbocycles. The summed E-state index contributed by atoms with van der Waals surface area (Å²) in [6, 6.07) is 6.12. The Labute approximate surface area is 122 Å². The van der Waals surface area contributed by atoms with Crippen molar-refractivity contribution in [2.24, 2.45) is 5.73 Å². The minimum absolute atomic E-state index is 0.147. The van der Waals surface area contributed by atoms with Crippen LogP contribution in [0.15, 0.2) is 29.1 Å². The summed E-state index contributed by atoms with van der Waals surface area (Å²) < 4.78 is 15.5. The normalized spacial score (nSPS) is 10.1. The Kier molecular flexibility index (Phi) is 4.51. The van der Waals surface area contributed by atoms with Crippen molar-refractivity contribution in [1.82, 2.24) is 9.55 Å². The molecule has 0 atom stereocenters. The third-order valence-electron chi connectivity index (χ3n) is 3.04. The van der Waals surface area contributed by atoms with Gasteiger partial charge >= 0.3 is 0 Å². The summed E-state index contributed by atoms with van der Waals surface area (Å²) in [5.74, 6) is 5.61. The van der Waals surface area contributed by atoms with E-state index >= 15 is 0 Å². The first kappa shape index (κ1) is 14.9. The van der Waals surface area contributed by atoms with Gasteiger partial charge in [-0.2, -0.15) is 0 Å². The molecule has 1 aromatic heterocycles. The Hall–Kier alpha value is -2.45. The first-order valence-electron chi connectivity index (χ1n) is 6.53. The number of nitrogens with two attached hydrogens (primary N) is 1. The van der Waals surface area contributed by atoms with Crippen LogP contribution in [0.2, 0.25) is 0 Å². The van der Waals surface area contributed by atoms with E-state index in [4.69, 9.17) is 5.73 Å². The Morgan fingerprint density at radius 1 is 1.33 bits per heavy atom. The van der Waals surface area contributed by atoms with E-state index < -0.39 is 5.82 Å². The molecular formula is C16H16FN3O. The maximum atomic E-state index is 14.1. The molecule has 4 nitrogen and oxygen atoms in total. The van der Waals surface area contributed by atoms with Gasteiger partial charge in [0.05, 0.1) is 13.1 Å². The van der Waals surface area contributed by atoms with Gasteiger partial charge in [-0.1, -0.05) is 17.9 Å². The molecule has 0 radical (unpaired) electrons. The predicted octanol–water partition coefficient (Wildman–Crippen LogP) is 1.36. The van der Waals surface area contributed by atoms with Crippen LogP contribution in [0.25, 0.3) is 0 Å². The Balaban J connectivity index is 2.35. The Morgan fingerprint density at radius 3 is 2.71 bits per heavy atom. The summed E-state index contributed by atoms with van der Waals surface area (Å²) in [5.41, 5.74) is 6.73. The smallest absolute Gasteiger partial charge is 0.254 e. The standard InChI is InChI=1S/C16H16FN3O/c1-11-8-16(21)20(12(2)19-11)10-14-6-5-13(4-3-7-18)9-15(14)17/h5-6,8-9H,7,10,18H2,1-2H3. The Morgan fingerprint density at radius 2 is 2.10 bits per heavy atom. The van der Waals surface area contributed by atoms with Crippen molar-refractivity contribution >= 4 is 0 Å². The molecule has 0 aliphatic rings. The largest absolute Gasteiger partial charge is 0.320 e. The summed E-state index contributed by atoms with van der Waals surface area (Å²) >= 11 is 0. The zero-order valence-corrected chi connectivity index (χ0v) is 12.0. The van der Waals surface area contributed by atoms with Crippen LogP contribution in [0.4, 0.5) is 4.39 Å². The second-order valence-corrected chi connectivity index (χ2v) is 4.68. The van der Waals surface area contributed by atoms with Gasteiger partial charge in [-0.05, 0) is 26.0 Å². The number of rotatable bonds is 2. The fraction of sp³-hybridized carbons (Fsp3) is 0.250. The van der Waals surface area contributed by atoms with Gasteiger partial charge < -0.3 is 5.73 Å². The topological polar surface area (TPSA) is 60.9 Å². The van der Waals surface area contributed by atoms with Crippen LogP contribution in [0, 0.1) is 31.5 Å². The van der Waals surface area contributed by atoms with Crippen molar-refractivity contribution in [1.29, 1.82) is 0 Å². The van der Waals surface area contributed by atoms with Gasteiger partial charge in [-0.3, -0.25) is 9.36 Å². The van der Waals surface area contributed by atoms with Crippen molar-refractivity contribution in [3.05, 3.63) is 63.1 Å². The summed E-state index contributed by atoms with van der Waals surface area (Å²) in [5, 5.41) is 0. The molecule has 2 N–H and O–H groups in total. The van der Waals surface area contributed by atoms with E-state index in [0.717, 1.165) is 0 Å². The number of aromatic nitrogens is 2. The van der Waals surface area contributed by atoms with Crippen LogP contribution in [0.3, 0.4) is 0 Å². The van der Waals surface area contributed by atoms with Gasteiger partial charge in [0.15, 0.2) is 0 Å². The highest BCUT2D eigenvalue weighted by Crippen LogP contribution is 2.11. The molecule has 2 aromatic rings. The molecule has 0 saturated heterocycles. The quantitative estimate of drug-likeness (QED) is 0.847. The van der Waals surface area contributed by atoms with Crippen molar-refractivity contribution < 1.29 is 4.39 Å². The monoisotopic (exact) mass is 285 g/mol. The Bertz CT molecular complexity index is 784. The van der Waals surface area contributed by atoms with E-state index in [2.05, 4.69) is 16.8 Å². The van der Waals surface area contributed by atoms with Crippen molar-refractivity contribution in [2.75, 3.05) is 6.54 Å². The molecule has 0 unspecified atom stereocenters. The lowest BCUT2D eigenvalue weighted by atomic mass is 10.1. The first-order chi connectivity index (χ1) is 10.0. The van der Waals surface area contributed by atoms with E-state index in [0.29, 0.717) is 22.6 Å². The van der Waals surface area contributed by atoms with Crippen LogP contribution >= 0.6 is 0 Å². The molecule has 0 spiro atoms. The highest BCUT2D eigenvalue weighted by Gasteiger charge is 2.08. The molecule has 0 aliphatic carbocycles. The minimum Gasteiger partial charge on any atom is -0.320 e. The lowest BCUT2D eigenvalue weighted by Crippen LogP contribution is -2.24. The van der Waals surface area contributed by atoms with Gasteiger partial charge in [0.25, 0.3) is 5.56 Å². The third-order valence-corrected chi connectivity index (χ3v) is 3.04. The highest BCUT2D eigenvalue weighted by molar-refractivity contribution is 5.37. The molecule has 0 aliphatic heterocycles. The van der Waals surface area contributed by atoms with E-state index in [1.165, 1.54) is 16.7 Å². The second kappa shape index (κ2) is 6.33. The predicted molar refractivity (Wildman–Crippen MR) is 79.4 cm³/mol. The molecule has 2 rings (SSSR count). The van der Waals surface area contributed by atoms with Gasteiger partial charge in [0.2, 0.25) is 0 Å². The average molecular weight is 285 g/mol. The van der Waals surface area contributed by atoms with Crippen LogP contribution in [-0.4, -0.2) is 16.1 Å². The lowest BCUT2D eigenvalue weighted by molar-refractivity contribution is 0.588. The van der Waals surface area contributed by atoms with Crippen molar-refractivity contribution in [3.8, 4) is 11.8 Å². The second-order valence-electron chi connectivity index (χ2n) is 4.68. The summed E-state index contributed by atoms with van der Waals surface area (Å²) in [4.78, 5) is 16.2. The fourth-order valence-electron chi connectivity index (χ4n) is 2.03. The zero-order valence-electron chi connectivity index (χ0n) is 12.0. The van der Waals surface area contributed by atoms with E-state index in [1.807, 2.05) is 0 Å². The maximum Gasteiger partial charge on any atom is 0.254 e. The van der Waals surface area contributed by atoms with Crippen LogP contribution in [0.5, 0.6) is 0 Å². The van der Waals surface area contributed by atoms with Gasteiger partial charge in [-0.15, -0.1) is 0 Å². The molecule has 108 valence electrons. The average Bonchev–Trinajstić information content (AvgIpc) is 2.42. The van der Waals surface area contributed by atoms with Crippen molar-refractivity contribution in [3.63, 3.8) is 0 Å².